The first-order chi connectivity index (χ1) is 8.33. The van der Waals surface area contributed by atoms with Crippen molar-refractivity contribution in [2.24, 2.45) is 17.8 Å². The number of hydrogen-bond acceptors (Lipinski definition) is 3. The summed E-state index contributed by atoms with van der Waals surface area (Å²) in [6.07, 6.45) is 3.65. The molecule has 0 saturated carbocycles. The summed E-state index contributed by atoms with van der Waals surface area (Å²) >= 11 is 0. The van der Waals surface area contributed by atoms with Crippen LogP contribution in [-0.2, 0) is 9.47 Å². The Kier molecular flexibility index (Phi) is 5.26. The topological polar surface area (TPSA) is 30.5 Å². The van der Waals surface area contributed by atoms with E-state index in [4.69, 9.17) is 9.47 Å². The smallest absolute Gasteiger partial charge is 0.0510 e. The molecule has 2 heterocycles. The molecule has 4 unspecified atom stereocenters. The van der Waals surface area contributed by atoms with E-state index in [2.05, 4.69) is 19.2 Å². The van der Waals surface area contributed by atoms with E-state index in [0.29, 0.717) is 17.9 Å². The molecule has 1 N–H and O–H groups in total. The monoisotopic (exact) mass is 241 g/mol. The first-order valence-electron chi connectivity index (χ1n) is 7.21. The Morgan fingerprint density at radius 3 is 2.59 bits per heavy atom. The van der Waals surface area contributed by atoms with Crippen LogP contribution in [-0.4, -0.2) is 39.0 Å². The minimum absolute atomic E-state index is 0.636. The number of nitrogens with one attached hydrogen (secondary N) is 1. The molecule has 2 rings (SSSR count). The minimum Gasteiger partial charge on any atom is -0.381 e. The molecule has 2 aliphatic rings. The highest BCUT2D eigenvalue weighted by Gasteiger charge is 2.35. The van der Waals surface area contributed by atoms with Crippen molar-refractivity contribution in [3.05, 3.63) is 0 Å². The summed E-state index contributed by atoms with van der Waals surface area (Å²) in [6.45, 7) is 9.47. The molecule has 3 nitrogen and oxygen atoms in total. The number of ether oxygens (including phenoxy) is 2. The molecule has 0 bridgehead atoms. The second-order valence-corrected chi connectivity index (χ2v) is 5.61. The number of hydrogen-bond donors (Lipinski definition) is 1. The fourth-order valence-corrected chi connectivity index (χ4v) is 3.24. The van der Waals surface area contributed by atoms with Gasteiger partial charge in [0.15, 0.2) is 0 Å². The Morgan fingerprint density at radius 2 is 1.94 bits per heavy atom. The van der Waals surface area contributed by atoms with E-state index < -0.39 is 0 Å². The van der Waals surface area contributed by atoms with Crippen LogP contribution >= 0.6 is 0 Å². The van der Waals surface area contributed by atoms with E-state index in [1.54, 1.807) is 0 Å². The zero-order valence-electron chi connectivity index (χ0n) is 11.3. The van der Waals surface area contributed by atoms with Crippen LogP contribution < -0.4 is 5.32 Å². The molecule has 4 atom stereocenters. The van der Waals surface area contributed by atoms with Gasteiger partial charge in [-0.05, 0) is 37.6 Å². The lowest BCUT2D eigenvalue weighted by molar-refractivity contribution is 0.00121. The SMILES string of the molecule is CCCNC(C1CCOC1)C1CCOCC1C. The van der Waals surface area contributed by atoms with Gasteiger partial charge in [0, 0.05) is 31.8 Å². The lowest BCUT2D eigenvalue weighted by atomic mass is 9.77. The summed E-state index contributed by atoms with van der Waals surface area (Å²) in [6, 6.07) is 0.636. The van der Waals surface area contributed by atoms with Crippen LogP contribution in [0.15, 0.2) is 0 Å². The van der Waals surface area contributed by atoms with Crippen molar-refractivity contribution >= 4 is 0 Å². The third-order valence-corrected chi connectivity index (χ3v) is 4.27. The van der Waals surface area contributed by atoms with Crippen LogP contribution in [0.2, 0.25) is 0 Å². The largest absolute Gasteiger partial charge is 0.381 e. The lowest BCUT2D eigenvalue weighted by Gasteiger charge is -2.38. The maximum atomic E-state index is 5.57. The molecule has 0 aromatic heterocycles. The molecular formula is C14H27NO2. The summed E-state index contributed by atoms with van der Waals surface area (Å²) in [5.41, 5.74) is 0. The van der Waals surface area contributed by atoms with Crippen molar-refractivity contribution in [2.75, 3.05) is 33.0 Å². The predicted molar refractivity (Wildman–Crippen MR) is 69.1 cm³/mol. The van der Waals surface area contributed by atoms with Gasteiger partial charge in [-0.25, -0.2) is 0 Å². The predicted octanol–water partition coefficient (Wildman–Crippen LogP) is 2.06. The standard InChI is InChI=1S/C14H27NO2/c1-3-6-15-14(12-4-7-17-10-12)13-5-8-16-9-11(13)2/h11-15H,3-10H2,1-2H3. The van der Waals surface area contributed by atoms with Crippen LogP contribution in [0.4, 0.5) is 0 Å². The Morgan fingerprint density at radius 1 is 1.18 bits per heavy atom. The van der Waals surface area contributed by atoms with Crippen molar-refractivity contribution in [2.45, 2.75) is 39.2 Å². The van der Waals surface area contributed by atoms with Crippen LogP contribution in [0, 0.1) is 17.8 Å². The summed E-state index contributed by atoms with van der Waals surface area (Å²) in [5.74, 6) is 2.16. The molecule has 17 heavy (non-hydrogen) atoms. The van der Waals surface area contributed by atoms with Crippen LogP contribution in [0.25, 0.3) is 0 Å². The summed E-state index contributed by atoms with van der Waals surface area (Å²) < 4.78 is 11.1. The fourth-order valence-electron chi connectivity index (χ4n) is 3.24. The Hall–Kier alpha value is -0.120. The van der Waals surface area contributed by atoms with Gasteiger partial charge in [0.1, 0.15) is 0 Å². The van der Waals surface area contributed by atoms with Crippen molar-refractivity contribution in [1.82, 2.24) is 5.32 Å². The summed E-state index contributed by atoms with van der Waals surface area (Å²) in [5, 5.41) is 3.78. The molecule has 0 aromatic carbocycles. The van der Waals surface area contributed by atoms with Crippen molar-refractivity contribution in [1.29, 1.82) is 0 Å². The molecule has 100 valence electrons. The van der Waals surface area contributed by atoms with Gasteiger partial charge >= 0.3 is 0 Å². The van der Waals surface area contributed by atoms with Crippen LogP contribution in [0.5, 0.6) is 0 Å². The molecule has 2 saturated heterocycles. The van der Waals surface area contributed by atoms with E-state index in [1.165, 1.54) is 19.3 Å². The van der Waals surface area contributed by atoms with Gasteiger partial charge in [0.05, 0.1) is 6.61 Å². The molecule has 0 amide bonds. The third-order valence-electron chi connectivity index (χ3n) is 4.27. The van der Waals surface area contributed by atoms with Crippen LogP contribution in [0.3, 0.4) is 0 Å². The van der Waals surface area contributed by atoms with Gasteiger partial charge in [0.25, 0.3) is 0 Å². The summed E-state index contributed by atoms with van der Waals surface area (Å²) in [7, 11) is 0. The summed E-state index contributed by atoms with van der Waals surface area (Å²) in [4.78, 5) is 0. The Balaban J connectivity index is 1.96. The van der Waals surface area contributed by atoms with Gasteiger partial charge in [-0.1, -0.05) is 13.8 Å². The zero-order chi connectivity index (χ0) is 12.1. The first-order valence-corrected chi connectivity index (χ1v) is 7.21. The van der Waals surface area contributed by atoms with Gasteiger partial charge < -0.3 is 14.8 Å². The van der Waals surface area contributed by atoms with E-state index in [1.807, 2.05) is 0 Å². The maximum Gasteiger partial charge on any atom is 0.0510 e. The Labute approximate surface area is 105 Å². The average Bonchev–Trinajstić information content (AvgIpc) is 2.85. The second-order valence-electron chi connectivity index (χ2n) is 5.61. The molecular weight excluding hydrogens is 214 g/mol. The minimum atomic E-state index is 0.636. The van der Waals surface area contributed by atoms with Crippen LogP contribution in [0.1, 0.15) is 33.1 Å². The Bertz CT molecular complexity index is 216. The molecule has 3 heteroatoms. The van der Waals surface area contributed by atoms with Gasteiger partial charge in [-0.15, -0.1) is 0 Å². The van der Waals surface area contributed by atoms with E-state index in [-0.39, 0.29) is 0 Å². The molecule has 0 spiro atoms. The van der Waals surface area contributed by atoms with Gasteiger partial charge in [-0.3, -0.25) is 0 Å². The molecule has 0 aliphatic carbocycles. The highest BCUT2D eigenvalue weighted by molar-refractivity contribution is 4.88. The first kappa shape index (κ1) is 13.3. The maximum absolute atomic E-state index is 5.57. The second kappa shape index (κ2) is 6.72. The number of rotatable bonds is 5. The molecule has 0 radical (unpaired) electrons. The van der Waals surface area contributed by atoms with Crippen molar-refractivity contribution in [3.8, 4) is 0 Å². The molecule has 2 fully saturated rings. The molecule has 2 aliphatic heterocycles. The highest BCUT2D eigenvalue weighted by Crippen LogP contribution is 2.31. The molecule has 0 aromatic rings. The normalized spacial score (nSPS) is 36.0. The van der Waals surface area contributed by atoms with E-state index in [9.17, 15) is 0 Å². The zero-order valence-corrected chi connectivity index (χ0v) is 11.3. The van der Waals surface area contributed by atoms with Gasteiger partial charge in [-0.2, -0.15) is 0 Å². The fraction of sp³-hybridized carbons (Fsp3) is 1.00. The average molecular weight is 241 g/mol. The van der Waals surface area contributed by atoms with Crippen molar-refractivity contribution in [3.63, 3.8) is 0 Å². The lowest BCUT2D eigenvalue weighted by Crippen LogP contribution is -2.48. The van der Waals surface area contributed by atoms with E-state index in [0.717, 1.165) is 38.9 Å². The third kappa shape index (κ3) is 3.43. The quantitative estimate of drug-likeness (QED) is 0.799. The van der Waals surface area contributed by atoms with E-state index >= 15 is 0 Å². The highest BCUT2D eigenvalue weighted by atomic mass is 16.5. The van der Waals surface area contributed by atoms with Gasteiger partial charge in [0.2, 0.25) is 0 Å². The van der Waals surface area contributed by atoms with Crippen molar-refractivity contribution < 1.29 is 9.47 Å².